The van der Waals surface area contributed by atoms with E-state index >= 15 is 0 Å². The maximum atomic E-state index is 13.2. The van der Waals surface area contributed by atoms with Crippen LogP contribution >= 0.6 is 0 Å². The first-order valence-corrected chi connectivity index (χ1v) is 11.3. The van der Waals surface area contributed by atoms with Crippen LogP contribution in [-0.2, 0) is 11.0 Å². The summed E-state index contributed by atoms with van der Waals surface area (Å²) in [6.07, 6.45) is 0. The lowest BCUT2D eigenvalue weighted by atomic mass is 9.60. The van der Waals surface area contributed by atoms with Gasteiger partial charge in [-0.05, 0) is 31.9 Å². The van der Waals surface area contributed by atoms with E-state index in [4.69, 9.17) is 0 Å². The molecule has 2 aromatic carbocycles. The standard InChI is InChI=1S/C24H32N2OS/c1-22(2,3)28(27)26-16-23(4,5)24(26)17-25(18-24)21(19-12-8-6-9-13-19)20-14-10-7-11-15-20/h6-15,21H,16-18H2,1-5H3. The van der Waals surface area contributed by atoms with Crippen molar-refractivity contribution in [1.82, 2.24) is 9.21 Å². The highest BCUT2D eigenvalue weighted by Gasteiger charge is 2.68. The summed E-state index contributed by atoms with van der Waals surface area (Å²) in [6, 6.07) is 21.8. The summed E-state index contributed by atoms with van der Waals surface area (Å²) < 4.78 is 15.2. The molecule has 0 aromatic heterocycles. The summed E-state index contributed by atoms with van der Waals surface area (Å²) in [5, 5.41) is 0. The number of benzene rings is 2. The average Bonchev–Trinajstić information content (AvgIpc) is 2.62. The minimum atomic E-state index is -0.970. The van der Waals surface area contributed by atoms with Crippen LogP contribution in [-0.4, -0.2) is 43.3 Å². The molecule has 1 atom stereocenters. The zero-order valence-electron chi connectivity index (χ0n) is 17.7. The van der Waals surface area contributed by atoms with Crippen LogP contribution in [0.5, 0.6) is 0 Å². The van der Waals surface area contributed by atoms with E-state index in [1.807, 2.05) is 0 Å². The highest BCUT2D eigenvalue weighted by atomic mass is 32.2. The van der Waals surface area contributed by atoms with Gasteiger partial charge in [-0.15, -0.1) is 0 Å². The monoisotopic (exact) mass is 396 g/mol. The summed E-state index contributed by atoms with van der Waals surface area (Å²) >= 11 is 0. The van der Waals surface area contributed by atoms with Crippen LogP contribution in [0.15, 0.2) is 60.7 Å². The lowest BCUT2D eigenvalue weighted by Crippen LogP contribution is -2.85. The third-order valence-corrected chi connectivity index (χ3v) is 8.45. The fourth-order valence-electron chi connectivity index (χ4n) is 4.73. The molecular weight excluding hydrogens is 364 g/mol. The van der Waals surface area contributed by atoms with Crippen LogP contribution < -0.4 is 0 Å². The molecule has 2 aromatic rings. The van der Waals surface area contributed by atoms with Gasteiger partial charge in [0.1, 0.15) is 11.0 Å². The van der Waals surface area contributed by atoms with Gasteiger partial charge in [-0.3, -0.25) is 4.90 Å². The van der Waals surface area contributed by atoms with Gasteiger partial charge in [0.05, 0.1) is 16.3 Å². The number of hydrogen-bond donors (Lipinski definition) is 0. The first kappa shape index (κ1) is 19.8. The first-order chi connectivity index (χ1) is 13.2. The second-order valence-corrected chi connectivity index (χ2v) is 12.1. The van der Waals surface area contributed by atoms with Crippen molar-refractivity contribution >= 4 is 11.0 Å². The molecule has 1 unspecified atom stereocenters. The third-order valence-electron chi connectivity index (χ3n) is 6.53. The summed E-state index contributed by atoms with van der Waals surface area (Å²) in [6.45, 7) is 13.7. The van der Waals surface area contributed by atoms with Gasteiger partial charge in [0.25, 0.3) is 0 Å². The molecule has 2 heterocycles. The van der Waals surface area contributed by atoms with Crippen molar-refractivity contribution in [2.45, 2.75) is 50.9 Å². The van der Waals surface area contributed by atoms with Gasteiger partial charge in [0.2, 0.25) is 0 Å². The Morgan fingerprint density at radius 2 is 1.32 bits per heavy atom. The van der Waals surface area contributed by atoms with Crippen molar-refractivity contribution in [1.29, 1.82) is 0 Å². The van der Waals surface area contributed by atoms with Crippen LogP contribution in [0.3, 0.4) is 0 Å². The molecule has 0 amide bonds. The van der Waals surface area contributed by atoms with Crippen molar-refractivity contribution in [3.05, 3.63) is 71.8 Å². The van der Waals surface area contributed by atoms with E-state index in [-0.39, 0.29) is 21.7 Å². The molecule has 0 aliphatic carbocycles. The summed E-state index contributed by atoms with van der Waals surface area (Å²) in [5.74, 6) is 0. The zero-order valence-corrected chi connectivity index (χ0v) is 18.5. The highest BCUT2D eigenvalue weighted by molar-refractivity contribution is 7.84. The van der Waals surface area contributed by atoms with Crippen LogP contribution in [0.4, 0.5) is 0 Å². The molecule has 0 radical (unpaired) electrons. The van der Waals surface area contributed by atoms with Crippen LogP contribution in [0.1, 0.15) is 51.8 Å². The number of hydrogen-bond acceptors (Lipinski definition) is 2. The molecule has 2 aliphatic rings. The normalized spacial score (nSPS) is 22.6. The van der Waals surface area contributed by atoms with Gasteiger partial charge >= 0.3 is 0 Å². The lowest BCUT2D eigenvalue weighted by Gasteiger charge is -2.72. The van der Waals surface area contributed by atoms with Gasteiger partial charge in [-0.1, -0.05) is 74.5 Å². The third kappa shape index (κ3) is 3.06. The highest BCUT2D eigenvalue weighted by Crippen LogP contribution is 2.56. The van der Waals surface area contributed by atoms with Crippen molar-refractivity contribution in [2.24, 2.45) is 5.41 Å². The molecule has 2 saturated heterocycles. The van der Waals surface area contributed by atoms with E-state index in [9.17, 15) is 4.21 Å². The minimum Gasteiger partial charge on any atom is -0.288 e. The van der Waals surface area contributed by atoms with E-state index in [1.54, 1.807) is 0 Å². The molecule has 1 spiro atoms. The van der Waals surface area contributed by atoms with E-state index in [1.165, 1.54) is 11.1 Å². The van der Waals surface area contributed by atoms with E-state index in [0.717, 1.165) is 19.6 Å². The van der Waals surface area contributed by atoms with Gasteiger partial charge in [0, 0.05) is 25.0 Å². The second kappa shape index (κ2) is 6.79. The van der Waals surface area contributed by atoms with Crippen LogP contribution in [0.2, 0.25) is 0 Å². The molecule has 2 aliphatic heterocycles. The fraction of sp³-hybridized carbons (Fsp3) is 0.500. The Morgan fingerprint density at radius 1 is 0.857 bits per heavy atom. The Kier molecular flexibility index (Phi) is 4.80. The number of likely N-dealkylation sites (tertiary alicyclic amines) is 1. The molecule has 0 bridgehead atoms. The van der Waals surface area contributed by atoms with Crippen molar-refractivity contribution < 1.29 is 4.21 Å². The molecule has 0 saturated carbocycles. The number of nitrogens with zero attached hydrogens (tertiary/aromatic N) is 2. The predicted octanol–water partition coefficient (Wildman–Crippen LogP) is 4.63. The molecule has 4 heteroatoms. The van der Waals surface area contributed by atoms with E-state index < -0.39 is 11.0 Å². The molecule has 0 N–H and O–H groups in total. The molecule has 3 nitrogen and oxygen atoms in total. The summed E-state index contributed by atoms with van der Waals surface area (Å²) in [4.78, 5) is 2.55. The average molecular weight is 397 g/mol. The van der Waals surface area contributed by atoms with Crippen LogP contribution in [0, 0.1) is 5.41 Å². The Labute approximate surface area is 172 Å². The van der Waals surface area contributed by atoms with Crippen LogP contribution in [0.25, 0.3) is 0 Å². The van der Waals surface area contributed by atoms with Crippen molar-refractivity contribution in [2.75, 3.05) is 19.6 Å². The molecule has 2 fully saturated rings. The molecular formula is C24H32N2OS. The van der Waals surface area contributed by atoms with E-state index in [0.29, 0.717) is 0 Å². The minimum absolute atomic E-state index is 0.00690. The van der Waals surface area contributed by atoms with Gasteiger partial charge in [0.15, 0.2) is 0 Å². The summed E-state index contributed by atoms with van der Waals surface area (Å²) in [7, 11) is -0.970. The number of rotatable bonds is 4. The molecule has 150 valence electrons. The van der Waals surface area contributed by atoms with Gasteiger partial charge < -0.3 is 0 Å². The smallest absolute Gasteiger partial charge is 0.100 e. The van der Waals surface area contributed by atoms with E-state index in [2.05, 4.69) is 104 Å². The predicted molar refractivity (Wildman–Crippen MR) is 117 cm³/mol. The lowest BCUT2D eigenvalue weighted by molar-refractivity contribution is -0.177. The second-order valence-electron chi connectivity index (χ2n) is 9.94. The maximum absolute atomic E-state index is 13.2. The fourth-order valence-corrected chi connectivity index (χ4v) is 6.51. The molecule has 28 heavy (non-hydrogen) atoms. The molecule has 4 rings (SSSR count). The summed E-state index contributed by atoms with van der Waals surface area (Å²) in [5.41, 5.74) is 2.84. The Morgan fingerprint density at radius 3 is 1.71 bits per heavy atom. The Balaban J connectivity index is 1.63. The Bertz CT molecular complexity index is 812. The van der Waals surface area contributed by atoms with Crippen molar-refractivity contribution in [3.63, 3.8) is 0 Å². The van der Waals surface area contributed by atoms with Gasteiger partial charge in [-0.25, -0.2) is 8.51 Å². The Hall–Kier alpha value is -1.49. The van der Waals surface area contributed by atoms with Crippen molar-refractivity contribution in [3.8, 4) is 0 Å². The maximum Gasteiger partial charge on any atom is 0.100 e. The quantitative estimate of drug-likeness (QED) is 0.752. The largest absolute Gasteiger partial charge is 0.288 e. The van der Waals surface area contributed by atoms with Gasteiger partial charge in [-0.2, -0.15) is 0 Å². The first-order valence-electron chi connectivity index (χ1n) is 10.2. The zero-order chi connectivity index (χ0) is 20.2. The topological polar surface area (TPSA) is 23.6 Å². The SMILES string of the molecule is CC(C)(C)S(=O)N1CC(C)(C)C12CN(C(c1ccccc1)c1ccccc1)C2.